The highest BCUT2D eigenvalue weighted by molar-refractivity contribution is 7.11. The minimum atomic E-state index is 0.0954. The van der Waals surface area contributed by atoms with Crippen LogP contribution in [0.4, 0.5) is 0 Å². The number of hydrogen-bond donors (Lipinski definition) is 2. The molecule has 1 atom stereocenters. The molecule has 124 valence electrons. The second-order valence-electron chi connectivity index (χ2n) is 5.13. The zero-order valence-electron chi connectivity index (χ0n) is 13.9. The molecule has 2 N–H and O–H groups in total. The highest BCUT2D eigenvalue weighted by atomic mass is 32.1. The highest BCUT2D eigenvalue weighted by Crippen LogP contribution is 2.12. The predicted molar refractivity (Wildman–Crippen MR) is 96.2 cm³/mol. The molecule has 0 spiro atoms. The number of benzene rings is 1. The SMILES string of the molecule is CCC(CNC(=NC)NCc1ncc(C)s1)Oc1ccccc1. The third-order valence-corrected chi connectivity index (χ3v) is 4.21. The molecule has 2 rings (SSSR count). The molecule has 5 nitrogen and oxygen atoms in total. The van der Waals surface area contributed by atoms with Crippen molar-refractivity contribution in [1.29, 1.82) is 0 Å². The van der Waals surface area contributed by atoms with Gasteiger partial charge in [0.15, 0.2) is 5.96 Å². The molecular formula is C17H24N4OS. The van der Waals surface area contributed by atoms with E-state index in [9.17, 15) is 0 Å². The first-order chi connectivity index (χ1) is 11.2. The average molecular weight is 332 g/mol. The predicted octanol–water partition coefficient (Wildman–Crippen LogP) is 2.97. The van der Waals surface area contributed by atoms with Gasteiger partial charge >= 0.3 is 0 Å². The lowest BCUT2D eigenvalue weighted by Gasteiger charge is -2.19. The number of nitrogens with one attached hydrogen (secondary N) is 2. The standard InChI is InChI=1S/C17H24N4OS/c1-4-14(22-15-8-6-5-7-9-15)11-20-17(18-3)21-12-16-19-10-13(2)23-16/h5-10,14H,4,11-12H2,1-3H3,(H2,18,20,21). The minimum absolute atomic E-state index is 0.0954. The lowest BCUT2D eigenvalue weighted by atomic mass is 10.2. The lowest BCUT2D eigenvalue weighted by molar-refractivity contribution is 0.199. The first-order valence-electron chi connectivity index (χ1n) is 7.78. The van der Waals surface area contributed by atoms with E-state index in [0.29, 0.717) is 13.1 Å². The van der Waals surface area contributed by atoms with Gasteiger partial charge in [-0.1, -0.05) is 25.1 Å². The molecule has 1 unspecified atom stereocenters. The van der Waals surface area contributed by atoms with Gasteiger partial charge in [0.05, 0.1) is 13.1 Å². The van der Waals surface area contributed by atoms with Crippen LogP contribution < -0.4 is 15.4 Å². The zero-order chi connectivity index (χ0) is 16.5. The van der Waals surface area contributed by atoms with Crippen molar-refractivity contribution in [3.63, 3.8) is 0 Å². The molecule has 1 aromatic heterocycles. The summed E-state index contributed by atoms with van der Waals surface area (Å²) in [7, 11) is 1.77. The van der Waals surface area contributed by atoms with Gasteiger partial charge in [-0.25, -0.2) is 4.98 Å². The molecule has 0 fully saturated rings. The molecule has 6 heteroatoms. The molecule has 0 saturated carbocycles. The fraction of sp³-hybridized carbons (Fsp3) is 0.412. The first kappa shape index (κ1) is 17.3. The van der Waals surface area contributed by atoms with Crippen molar-refractivity contribution < 1.29 is 4.74 Å². The van der Waals surface area contributed by atoms with Crippen LogP contribution in [0.1, 0.15) is 23.2 Å². The van der Waals surface area contributed by atoms with Crippen LogP contribution in [0.15, 0.2) is 41.5 Å². The number of rotatable bonds is 7. The molecule has 0 aliphatic carbocycles. The van der Waals surface area contributed by atoms with E-state index in [2.05, 4.69) is 34.5 Å². The fourth-order valence-corrected chi connectivity index (χ4v) is 2.76. The average Bonchev–Trinajstić information content (AvgIpc) is 3.00. The number of aromatic nitrogens is 1. The number of aliphatic imine (C=N–C) groups is 1. The Morgan fingerprint density at radius 2 is 2.09 bits per heavy atom. The van der Waals surface area contributed by atoms with E-state index in [1.54, 1.807) is 18.4 Å². The topological polar surface area (TPSA) is 58.5 Å². The molecule has 2 aromatic rings. The maximum atomic E-state index is 5.97. The molecule has 23 heavy (non-hydrogen) atoms. The number of para-hydroxylation sites is 1. The van der Waals surface area contributed by atoms with Gasteiger partial charge in [-0.15, -0.1) is 11.3 Å². The molecular weight excluding hydrogens is 308 g/mol. The van der Waals surface area contributed by atoms with E-state index in [1.165, 1.54) is 4.88 Å². The fourth-order valence-electron chi connectivity index (χ4n) is 2.03. The maximum absolute atomic E-state index is 5.97. The van der Waals surface area contributed by atoms with Crippen molar-refractivity contribution in [3.05, 3.63) is 46.4 Å². The molecule has 0 aliphatic heterocycles. The van der Waals surface area contributed by atoms with E-state index in [-0.39, 0.29) is 6.10 Å². The van der Waals surface area contributed by atoms with Gasteiger partial charge in [-0.3, -0.25) is 4.99 Å². The molecule has 0 radical (unpaired) electrons. The van der Waals surface area contributed by atoms with Crippen molar-refractivity contribution in [2.75, 3.05) is 13.6 Å². The van der Waals surface area contributed by atoms with Crippen LogP contribution in [0.5, 0.6) is 5.75 Å². The Morgan fingerprint density at radius 3 is 2.70 bits per heavy atom. The van der Waals surface area contributed by atoms with Crippen LogP contribution in [-0.4, -0.2) is 30.6 Å². The summed E-state index contributed by atoms with van der Waals surface area (Å²) in [6, 6.07) is 9.89. The Balaban J connectivity index is 1.79. The van der Waals surface area contributed by atoms with Gasteiger partial charge in [0.1, 0.15) is 16.9 Å². The number of guanidine groups is 1. The van der Waals surface area contributed by atoms with Crippen LogP contribution in [0, 0.1) is 6.92 Å². The van der Waals surface area contributed by atoms with Gasteiger partial charge < -0.3 is 15.4 Å². The van der Waals surface area contributed by atoms with Crippen LogP contribution in [0.25, 0.3) is 0 Å². The van der Waals surface area contributed by atoms with Crippen LogP contribution in [0.3, 0.4) is 0 Å². The quantitative estimate of drug-likeness (QED) is 0.604. The molecule has 1 heterocycles. The minimum Gasteiger partial charge on any atom is -0.489 e. The van der Waals surface area contributed by atoms with E-state index in [1.807, 2.05) is 36.5 Å². The Labute approximate surface area is 141 Å². The monoisotopic (exact) mass is 332 g/mol. The molecule has 0 aliphatic rings. The van der Waals surface area contributed by atoms with Crippen molar-refractivity contribution in [3.8, 4) is 5.75 Å². The number of hydrogen-bond acceptors (Lipinski definition) is 4. The maximum Gasteiger partial charge on any atom is 0.191 e. The van der Waals surface area contributed by atoms with Crippen LogP contribution in [0.2, 0.25) is 0 Å². The normalized spacial score (nSPS) is 12.7. The van der Waals surface area contributed by atoms with Crippen molar-refractivity contribution >= 4 is 17.3 Å². The smallest absolute Gasteiger partial charge is 0.191 e. The number of nitrogens with zero attached hydrogens (tertiary/aromatic N) is 2. The summed E-state index contributed by atoms with van der Waals surface area (Å²) in [5.74, 6) is 1.65. The summed E-state index contributed by atoms with van der Waals surface area (Å²) in [5.41, 5.74) is 0. The summed E-state index contributed by atoms with van der Waals surface area (Å²) < 4.78 is 5.97. The van der Waals surface area contributed by atoms with Gasteiger partial charge in [-0.05, 0) is 25.5 Å². The van der Waals surface area contributed by atoms with E-state index in [4.69, 9.17) is 4.74 Å². The molecule has 0 saturated heterocycles. The second kappa shape index (κ2) is 9.15. The third-order valence-electron chi connectivity index (χ3n) is 3.30. The van der Waals surface area contributed by atoms with E-state index < -0.39 is 0 Å². The first-order valence-corrected chi connectivity index (χ1v) is 8.60. The van der Waals surface area contributed by atoms with Gasteiger partial charge in [0.2, 0.25) is 0 Å². The van der Waals surface area contributed by atoms with Crippen LogP contribution >= 0.6 is 11.3 Å². The Morgan fingerprint density at radius 1 is 1.30 bits per heavy atom. The molecule has 0 bridgehead atoms. The summed E-state index contributed by atoms with van der Waals surface area (Å²) >= 11 is 1.69. The van der Waals surface area contributed by atoms with E-state index >= 15 is 0 Å². The van der Waals surface area contributed by atoms with Gasteiger partial charge in [-0.2, -0.15) is 0 Å². The van der Waals surface area contributed by atoms with Gasteiger partial charge in [0.25, 0.3) is 0 Å². The van der Waals surface area contributed by atoms with Gasteiger partial charge in [0, 0.05) is 18.1 Å². The van der Waals surface area contributed by atoms with Crippen molar-refractivity contribution in [1.82, 2.24) is 15.6 Å². The second-order valence-corrected chi connectivity index (χ2v) is 6.45. The number of ether oxygens (including phenoxy) is 1. The number of thiazole rings is 1. The van der Waals surface area contributed by atoms with Crippen molar-refractivity contribution in [2.45, 2.75) is 32.9 Å². The largest absolute Gasteiger partial charge is 0.489 e. The lowest BCUT2D eigenvalue weighted by Crippen LogP contribution is -2.42. The summed E-state index contributed by atoms with van der Waals surface area (Å²) in [5, 5.41) is 7.64. The molecule has 1 aromatic carbocycles. The Bertz CT molecular complexity index is 612. The summed E-state index contributed by atoms with van der Waals surface area (Å²) in [4.78, 5) is 9.79. The third kappa shape index (κ3) is 5.90. The number of aryl methyl sites for hydroxylation is 1. The van der Waals surface area contributed by atoms with Crippen LogP contribution in [-0.2, 0) is 6.54 Å². The highest BCUT2D eigenvalue weighted by Gasteiger charge is 2.09. The molecule has 0 amide bonds. The summed E-state index contributed by atoms with van der Waals surface area (Å²) in [6.45, 7) is 5.54. The summed E-state index contributed by atoms with van der Waals surface area (Å²) in [6.07, 6.45) is 2.90. The van der Waals surface area contributed by atoms with E-state index in [0.717, 1.165) is 23.1 Å². The Kier molecular flexibility index (Phi) is 6.87. The van der Waals surface area contributed by atoms with Crippen molar-refractivity contribution in [2.24, 2.45) is 4.99 Å². The Hall–Kier alpha value is -2.08. The zero-order valence-corrected chi connectivity index (χ0v) is 14.7.